The molecule has 3 aromatic rings. The Hall–Kier alpha value is -3.20. The summed E-state index contributed by atoms with van der Waals surface area (Å²) in [6, 6.07) is 10.6. The Morgan fingerprint density at radius 1 is 1.25 bits per heavy atom. The Morgan fingerprint density at radius 3 is 2.78 bits per heavy atom. The zero-order valence-corrected chi connectivity index (χ0v) is 19.7. The van der Waals surface area contributed by atoms with Gasteiger partial charge in [0.05, 0.1) is 30.8 Å². The van der Waals surface area contributed by atoms with Crippen LogP contribution in [0.5, 0.6) is 11.5 Å². The van der Waals surface area contributed by atoms with E-state index in [0.717, 1.165) is 10.9 Å². The summed E-state index contributed by atoms with van der Waals surface area (Å²) in [4.78, 5) is 29.5. The van der Waals surface area contributed by atoms with Gasteiger partial charge in [0, 0.05) is 16.5 Å². The van der Waals surface area contributed by atoms with Crippen molar-refractivity contribution in [2.75, 3.05) is 20.3 Å². The van der Waals surface area contributed by atoms with Gasteiger partial charge in [-0.3, -0.25) is 4.79 Å². The molecule has 0 atom stereocenters. The zero-order chi connectivity index (χ0) is 23.1. The van der Waals surface area contributed by atoms with E-state index in [1.54, 1.807) is 37.3 Å². The standard InChI is InChI=1S/C23H24BrN3O5/c1-4-7-20-26-18-11-10-16(24)12-17(18)23(29)27(20)25-13-15-8-6-9-19(30-3)22(15)32-14-21(28)31-5-2/h6,8-13H,4-5,7,14H2,1-3H3. The molecule has 0 fully saturated rings. The highest BCUT2D eigenvalue weighted by Crippen LogP contribution is 2.30. The molecule has 0 aliphatic carbocycles. The number of hydrogen-bond donors (Lipinski definition) is 0. The van der Waals surface area contributed by atoms with E-state index in [1.165, 1.54) is 18.0 Å². The maximum atomic E-state index is 13.2. The first kappa shape index (κ1) is 23.5. The number of halogens is 1. The van der Waals surface area contributed by atoms with Crippen molar-refractivity contribution in [3.63, 3.8) is 0 Å². The zero-order valence-electron chi connectivity index (χ0n) is 18.1. The first-order chi connectivity index (χ1) is 15.5. The van der Waals surface area contributed by atoms with Gasteiger partial charge in [0.2, 0.25) is 0 Å². The van der Waals surface area contributed by atoms with Crippen LogP contribution in [-0.2, 0) is 16.0 Å². The predicted molar refractivity (Wildman–Crippen MR) is 126 cm³/mol. The van der Waals surface area contributed by atoms with Gasteiger partial charge in [-0.1, -0.05) is 28.9 Å². The molecule has 9 heteroatoms. The van der Waals surface area contributed by atoms with Crippen LogP contribution in [0.4, 0.5) is 0 Å². The molecular formula is C23H24BrN3O5. The molecule has 0 N–H and O–H groups in total. The summed E-state index contributed by atoms with van der Waals surface area (Å²) in [6.45, 7) is 3.72. The van der Waals surface area contributed by atoms with E-state index in [4.69, 9.17) is 14.2 Å². The fourth-order valence-corrected chi connectivity index (χ4v) is 3.46. The SMILES string of the molecule is CCCc1nc2ccc(Br)cc2c(=O)n1N=Cc1cccc(OC)c1OCC(=O)OCC. The summed E-state index contributed by atoms with van der Waals surface area (Å²) in [5.41, 5.74) is 0.887. The molecule has 3 rings (SSSR count). The number of aromatic nitrogens is 2. The van der Waals surface area contributed by atoms with E-state index in [-0.39, 0.29) is 18.8 Å². The van der Waals surface area contributed by atoms with Crippen LogP contribution < -0.4 is 15.0 Å². The van der Waals surface area contributed by atoms with E-state index in [2.05, 4.69) is 26.0 Å². The van der Waals surface area contributed by atoms with E-state index in [0.29, 0.717) is 40.2 Å². The van der Waals surface area contributed by atoms with Crippen molar-refractivity contribution < 1.29 is 19.0 Å². The van der Waals surface area contributed by atoms with Crippen LogP contribution in [-0.4, -0.2) is 42.2 Å². The quantitative estimate of drug-likeness (QED) is 0.325. The van der Waals surface area contributed by atoms with Gasteiger partial charge in [0.15, 0.2) is 18.1 Å². The third-order valence-electron chi connectivity index (χ3n) is 4.53. The van der Waals surface area contributed by atoms with Crippen molar-refractivity contribution in [3.8, 4) is 11.5 Å². The second kappa shape index (κ2) is 10.9. The first-order valence-electron chi connectivity index (χ1n) is 10.2. The molecule has 32 heavy (non-hydrogen) atoms. The van der Waals surface area contributed by atoms with Crippen molar-refractivity contribution in [1.82, 2.24) is 9.66 Å². The van der Waals surface area contributed by atoms with Gasteiger partial charge >= 0.3 is 5.97 Å². The monoisotopic (exact) mass is 501 g/mol. The molecule has 2 aromatic carbocycles. The molecule has 1 heterocycles. The Balaban J connectivity index is 2.05. The van der Waals surface area contributed by atoms with Crippen molar-refractivity contribution in [2.24, 2.45) is 5.10 Å². The van der Waals surface area contributed by atoms with Crippen LogP contribution >= 0.6 is 15.9 Å². The molecule has 0 saturated carbocycles. The summed E-state index contributed by atoms with van der Waals surface area (Å²) in [7, 11) is 1.50. The Kier molecular flexibility index (Phi) is 7.99. The normalized spacial score (nSPS) is 11.1. The van der Waals surface area contributed by atoms with E-state index >= 15 is 0 Å². The summed E-state index contributed by atoms with van der Waals surface area (Å²) >= 11 is 3.40. The van der Waals surface area contributed by atoms with Crippen molar-refractivity contribution in [2.45, 2.75) is 26.7 Å². The number of nitrogens with zero attached hydrogens (tertiary/aromatic N) is 3. The second-order valence-electron chi connectivity index (χ2n) is 6.77. The number of ether oxygens (including phenoxy) is 3. The number of esters is 1. The largest absolute Gasteiger partial charge is 0.493 e. The van der Waals surface area contributed by atoms with Gasteiger partial charge in [0.1, 0.15) is 5.82 Å². The van der Waals surface area contributed by atoms with E-state index < -0.39 is 5.97 Å². The molecule has 0 bridgehead atoms. The number of aryl methyl sites for hydroxylation is 1. The minimum atomic E-state index is -0.493. The Morgan fingerprint density at radius 2 is 2.06 bits per heavy atom. The highest BCUT2D eigenvalue weighted by atomic mass is 79.9. The van der Waals surface area contributed by atoms with Gasteiger partial charge < -0.3 is 14.2 Å². The average Bonchev–Trinajstić information content (AvgIpc) is 2.78. The van der Waals surface area contributed by atoms with E-state index in [1.807, 2.05) is 13.0 Å². The number of methoxy groups -OCH3 is 1. The van der Waals surface area contributed by atoms with Crippen molar-refractivity contribution >= 4 is 39.0 Å². The molecule has 0 unspecified atom stereocenters. The van der Waals surface area contributed by atoms with E-state index in [9.17, 15) is 9.59 Å². The van der Waals surface area contributed by atoms with Gasteiger partial charge in [-0.2, -0.15) is 9.78 Å². The number of carbonyl (C=O) groups is 1. The lowest BCUT2D eigenvalue weighted by Crippen LogP contribution is -2.22. The van der Waals surface area contributed by atoms with Gasteiger partial charge in [-0.25, -0.2) is 9.78 Å². The van der Waals surface area contributed by atoms with Crippen LogP contribution in [0.3, 0.4) is 0 Å². The third kappa shape index (κ3) is 5.34. The average molecular weight is 502 g/mol. The third-order valence-corrected chi connectivity index (χ3v) is 5.02. The molecule has 0 radical (unpaired) electrons. The fraction of sp³-hybridized carbons (Fsp3) is 0.304. The number of fused-ring (bicyclic) bond motifs is 1. The van der Waals surface area contributed by atoms with Crippen LogP contribution in [0.15, 0.2) is 50.8 Å². The highest BCUT2D eigenvalue weighted by molar-refractivity contribution is 9.10. The van der Waals surface area contributed by atoms with Crippen LogP contribution in [0.2, 0.25) is 0 Å². The molecule has 0 saturated heterocycles. The molecule has 0 amide bonds. The lowest BCUT2D eigenvalue weighted by atomic mass is 10.2. The highest BCUT2D eigenvalue weighted by Gasteiger charge is 2.14. The maximum absolute atomic E-state index is 13.2. The van der Waals surface area contributed by atoms with Crippen molar-refractivity contribution in [1.29, 1.82) is 0 Å². The summed E-state index contributed by atoms with van der Waals surface area (Å²) < 4.78 is 18.0. The molecule has 0 aliphatic heterocycles. The summed E-state index contributed by atoms with van der Waals surface area (Å²) in [6.07, 6.45) is 2.88. The van der Waals surface area contributed by atoms with Gasteiger partial charge in [0.25, 0.3) is 5.56 Å². The molecule has 8 nitrogen and oxygen atoms in total. The maximum Gasteiger partial charge on any atom is 0.344 e. The smallest absolute Gasteiger partial charge is 0.344 e. The van der Waals surface area contributed by atoms with Gasteiger partial charge in [-0.05, 0) is 43.7 Å². The number of benzene rings is 2. The Labute approximate surface area is 194 Å². The lowest BCUT2D eigenvalue weighted by molar-refractivity contribution is -0.145. The molecular weight excluding hydrogens is 478 g/mol. The molecule has 168 valence electrons. The first-order valence-corrected chi connectivity index (χ1v) is 11.0. The number of para-hydroxylation sites is 1. The minimum Gasteiger partial charge on any atom is -0.493 e. The second-order valence-corrected chi connectivity index (χ2v) is 7.69. The predicted octanol–water partition coefficient (Wildman–Crippen LogP) is 3.94. The topological polar surface area (TPSA) is 92.0 Å². The number of carbonyl (C=O) groups excluding carboxylic acids is 1. The van der Waals surface area contributed by atoms with Crippen LogP contribution in [0.25, 0.3) is 10.9 Å². The lowest BCUT2D eigenvalue weighted by Gasteiger charge is -2.13. The number of rotatable bonds is 9. The Bertz CT molecular complexity index is 1210. The summed E-state index contributed by atoms with van der Waals surface area (Å²) in [5.74, 6) is 0.820. The number of hydrogen-bond acceptors (Lipinski definition) is 7. The van der Waals surface area contributed by atoms with Crippen molar-refractivity contribution in [3.05, 3.63) is 62.6 Å². The summed E-state index contributed by atoms with van der Waals surface area (Å²) in [5, 5.41) is 4.88. The molecule has 0 spiro atoms. The molecule has 0 aliphatic rings. The fourth-order valence-electron chi connectivity index (χ4n) is 3.10. The van der Waals surface area contributed by atoms with Gasteiger partial charge in [-0.15, -0.1) is 0 Å². The van der Waals surface area contributed by atoms with Crippen LogP contribution in [0, 0.1) is 0 Å². The minimum absolute atomic E-state index is 0.261. The molecule has 1 aromatic heterocycles. The van der Waals surface area contributed by atoms with Crippen LogP contribution in [0.1, 0.15) is 31.7 Å².